The molecule has 0 aliphatic carbocycles. The molecular weight excluding hydrogens is 350 g/mol. The molecular formula is C19H23N3O5. The molecule has 2 rings (SSSR count). The number of nitrogens with two attached hydrogens (primary N) is 1. The third-order valence-electron chi connectivity index (χ3n) is 3.59. The van der Waals surface area contributed by atoms with Gasteiger partial charge < -0.3 is 15.9 Å². The second kappa shape index (κ2) is 10.8. The number of hydrogen-bond donors (Lipinski definition) is 3. The van der Waals surface area contributed by atoms with E-state index in [9.17, 15) is 14.4 Å². The van der Waals surface area contributed by atoms with Crippen molar-refractivity contribution in [2.24, 2.45) is 16.6 Å². The lowest BCUT2D eigenvalue weighted by Gasteiger charge is -2.07. The van der Waals surface area contributed by atoms with E-state index >= 15 is 0 Å². The quantitative estimate of drug-likeness (QED) is 0.497. The molecule has 2 atom stereocenters. The predicted molar refractivity (Wildman–Crippen MR) is 100 cm³/mol. The maximum Gasteiger partial charge on any atom is 0.329 e. The SMILES string of the molecule is CC(C)CC(N)C(=O)O.O=C=NC(Cc1ccc2ccccc2n1)C(=O)O. The Balaban J connectivity index is 0.000000345. The fraction of sp³-hybridized carbons (Fsp3) is 0.368. The van der Waals surface area contributed by atoms with Gasteiger partial charge in [-0.25, -0.2) is 9.59 Å². The fourth-order valence-electron chi connectivity index (χ4n) is 2.28. The second-order valence-electron chi connectivity index (χ2n) is 6.35. The van der Waals surface area contributed by atoms with Crippen LogP contribution in [-0.4, -0.2) is 45.3 Å². The summed E-state index contributed by atoms with van der Waals surface area (Å²) in [6, 6.07) is 9.31. The Morgan fingerprint density at radius 1 is 1.15 bits per heavy atom. The average Bonchev–Trinajstić information content (AvgIpc) is 2.61. The number of carbonyl (C=O) groups excluding carboxylic acids is 1. The number of carboxylic acids is 2. The standard InChI is InChI=1S/C13H10N2O3.C6H13NO2/c16-8-14-12(13(17)18)7-10-6-5-9-3-1-2-4-11(9)15-10;1-4(2)3-5(7)6(8)9/h1-6,12H,7H2,(H,17,18);4-5H,3,7H2,1-2H3,(H,8,9). The highest BCUT2D eigenvalue weighted by Gasteiger charge is 2.17. The molecule has 1 aromatic carbocycles. The molecule has 0 aliphatic heterocycles. The Hall–Kier alpha value is -3.09. The van der Waals surface area contributed by atoms with Crippen LogP contribution in [-0.2, 0) is 20.8 Å². The van der Waals surface area contributed by atoms with E-state index in [1.54, 1.807) is 6.07 Å². The lowest BCUT2D eigenvalue weighted by atomic mass is 10.1. The molecule has 0 aliphatic rings. The number of hydrogen-bond acceptors (Lipinski definition) is 6. The van der Waals surface area contributed by atoms with Crippen molar-refractivity contribution in [3.05, 3.63) is 42.1 Å². The van der Waals surface area contributed by atoms with E-state index in [0.717, 1.165) is 10.9 Å². The van der Waals surface area contributed by atoms with Crippen molar-refractivity contribution in [1.29, 1.82) is 0 Å². The Kier molecular flexibility index (Phi) is 8.78. The smallest absolute Gasteiger partial charge is 0.329 e. The summed E-state index contributed by atoms with van der Waals surface area (Å²) in [5, 5.41) is 18.2. The van der Waals surface area contributed by atoms with Crippen molar-refractivity contribution in [2.75, 3.05) is 0 Å². The summed E-state index contributed by atoms with van der Waals surface area (Å²) in [4.78, 5) is 38.7. The van der Waals surface area contributed by atoms with Gasteiger partial charge in [0, 0.05) is 17.5 Å². The van der Waals surface area contributed by atoms with Gasteiger partial charge in [0.15, 0.2) is 6.04 Å². The van der Waals surface area contributed by atoms with Crippen molar-refractivity contribution in [1.82, 2.24) is 4.98 Å². The van der Waals surface area contributed by atoms with Crippen LogP contribution in [0.4, 0.5) is 0 Å². The maximum atomic E-state index is 10.9. The van der Waals surface area contributed by atoms with Gasteiger partial charge in [-0.05, 0) is 24.5 Å². The van der Waals surface area contributed by atoms with Crippen LogP contribution in [0.2, 0.25) is 0 Å². The molecule has 144 valence electrons. The number of fused-ring (bicyclic) bond motifs is 1. The van der Waals surface area contributed by atoms with Gasteiger partial charge in [0.1, 0.15) is 6.04 Å². The van der Waals surface area contributed by atoms with E-state index < -0.39 is 24.0 Å². The maximum absolute atomic E-state index is 10.9. The molecule has 0 spiro atoms. The topological polar surface area (TPSA) is 143 Å². The molecule has 2 unspecified atom stereocenters. The number of benzene rings is 1. The Morgan fingerprint density at radius 2 is 1.81 bits per heavy atom. The van der Waals surface area contributed by atoms with Gasteiger partial charge in [0.25, 0.3) is 0 Å². The number of pyridine rings is 1. The normalized spacial score (nSPS) is 12.4. The third kappa shape index (κ3) is 7.77. The van der Waals surface area contributed by atoms with Crippen molar-refractivity contribution in [3.8, 4) is 0 Å². The third-order valence-corrected chi connectivity index (χ3v) is 3.59. The van der Waals surface area contributed by atoms with E-state index in [2.05, 4.69) is 9.98 Å². The predicted octanol–water partition coefficient (Wildman–Crippen LogP) is 2.01. The number of nitrogens with zero attached hydrogens (tertiary/aromatic N) is 2. The molecule has 1 heterocycles. The fourth-order valence-corrected chi connectivity index (χ4v) is 2.28. The van der Waals surface area contributed by atoms with E-state index in [4.69, 9.17) is 15.9 Å². The van der Waals surface area contributed by atoms with Crippen LogP contribution in [0.3, 0.4) is 0 Å². The number of aliphatic carboxylic acids is 2. The molecule has 0 saturated carbocycles. The zero-order chi connectivity index (χ0) is 20.4. The lowest BCUT2D eigenvalue weighted by Crippen LogP contribution is -2.31. The van der Waals surface area contributed by atoms with Crippen molar-refractivity contribution in [2.45, 2.75) is 38.8 Å². The lowest BCUT2D eigenvalue weighted by molar-refractivity contribution is -0.139. The minimum absolute atomic E-state index is 0.0788. The Morgan fingerprint density at radius 3 is 2.33 bits per heavy atom. The summed E-state index contributed by atoms with van der Waals surface area (Å²) in [5.74, 6) is -1.71. The zero-order valence-electron chi connectivity index (χ0n) is 15.2. The van der Waals surface area contributed by atoms with Crippen molar-refractivity contribution in [3.63, 3.8) is 0 Å². The van der Waals surface area contributed by atoms with E-state index in [1.165, 1.54) is 6.08 Å². The minimum atomic E-state index is -1.16. The summed E-state index contributed by atoms with van der Waals surface area (Å²) in [6.07, 6.45) is 1.90. The summed E-state index contributed by atoms with van der Waals surface area (Å²) < 4.78 is 0. The van der Waals surface area contributed by atoms with Crippen molar-refractivity contribution >= 4 is 28.9 Å². The molecule has 8 heteroatoms. The van der Waals surface area contributed by atoms with Gasteiger partial charge in [-0.15, -0.1) is 0 Å². The molecule has 0 saturated heterocycles. The molecule has 0 amide bonds. The number of aromatic nitrogens is 1. The number of aliphatic imine (C=N–C) groups is 1. The highest BCUT2D eigenvalue weighted by Crippen LogP contribution is 2.13. The minimum Gasteiger partial charge on any atom is -0.480 e. The first-order valence-electron chi connectivity index (χ1n) is 8.37. The van der Waals surface area contributed by atoms with Gasteiger partial charge in [0.2, 0.25) is 6.08 Å². The largest absolute Gasteiger partial charge is 0.480 e. The molecule has 27 heavy (non-hydrogen) atoms. The number of para-hydroxylation sites is 1. The molecule has 0 bridgehead atoms. The monoisotopic (exact) mass is 373 g/mol. The van der Waals surface area contributed by atoms with Crippen LogP contribution in [0, 0.1) is 5.92 Å². The number of isocyanates is 1. The number of carboxylic acid groups (broad SMARTS) is 2. The first kappa shape index (κ1) is 22.0. The first-order chi connectivity index (χ1) is 12.7. The van der Waals surface area contributed by atoms with Crippen LogP contribution < -0.4 is 5.73 Å². The summed E-state index contributed by atoms with van der Waals surface area (Å²) in [6.45, 7) is 3.89. The van der Waals surface area contributed by atoms with Crippen LogP contribution in [0.5, 0.6) is 0 Å². The van der Waals surface area contributed by atoms with E-state index in [0.29, 0.717) is 18.0 Å². The highest BCUT2D eigenvalue weighted by atomic mass is 16.4. The van der Waals surface area contributed by atoms with E-state index in [-0.39, 0.29) is 6.42 Å². The van der Waals surface area contributed by atoms with Crippen LogP contribution in [0.25, 0.3) is 10.9 Å². The average molecular weight is 373 g/mol. The Labute approximate surface area is 156 Å². The molecule has 4 N–H and O–H groups in total. The number of rotatable bonds is 7. The molecule has 1 aromatic heterocycles. The number of carbonyl (C=O) groups is 2. The summed E-state index contributed by atoms with van der Waals surface area (Å²) in [7, 11) is 0. The van der Waals surface area contributed by atoms with Crippen LogP contribution >= 0.6 is 0 Å². The van der Waals surface area contributed by atoms with Gasteiger partial charge in [-0.2, -0.15) is 4.99 Å². The molecule has 8 nitrogen and oxygen atoms in total. The van der Waals surface area contributed by atoms with Crippen LogP contribution in [0.1, 0.15) is 26.0 Å². The van der Waals surface area contributed by atoms with Gasteiger partial charge in [-0.3, -0.25) is 9.78 Å². The van der Waals surface area contributed by atoms with Crippen LogP contribution in [0.15, 0.2) is 41.4 Å². The molecule has 0 fully saturated rings. The van der Waals surface area contributed by atoms with Gasteiger partial charge in [0.05, 0.1) is 5.52 Å². The first-order valence-corrected chi connectivity index (χ1v) is 8.37. The summed E-state index contributed by atoms with van der Waals surface area (Å²) in [5.41, 5.74) is 6.59. The van der Waals surface area contributed by atoms with Crippen molar-refractivity contribution < 1.29 is 24.6 Å². The zero-order valence-corrected chi connectivity index (χ0v) is 15.2. The molecule has 0 radical (unpaired) electrons. The van der Waals surface area contributed by atoms with Gasteiger partial charge >= 0.3 is 11.9 Å². The van der Waals surface area contributed by atoms with Gasteiger partial charge in [-0.1, -0.05) is 38.1 Å². The van der Waals surface area contributed by atoms with E-state index in [1.807, 2.05) is 44.2 Å². The Bertz CT molecular complexity index is 829. The molecule has 2 aromatic rings. The highest BCUT2D eigenvalue weighted by molar-refractivity contribution is 5.79. The summed E-state index contributed by atoms with van der Waals surface area (Å²) >= 11 is 0. The second-order valence-corrected chi connectivity index (χ2v) is 6.35.